The third kappa shape index (κ3) is 4.82. The van der Waals surface area contributed by atoms with E-state index in [1.807, 2.05) is 50.5 Å². The average Bonchev–Trinajstić information content (AvgIpc) is 3.36. The van der Waals surface area contributed by atoms with Crippen LogP contribution in [-0.2, 0) is 0 Å². The molecule has 0 saturated heterocycles. The number of carbonyl (C=O) groups is 1. The van der Waals surface area contributed by atoms with Crippen molar-refractivity contribution < 1.29 is 9.53 Å². The molecule has 31 heavy (non-hydrogen) atoms. The van der Waals surface area contributed by atoms with Gasteiger partial charge in [-0.05, 0) is 57.7 Å². The second kappa shape index (κ2) is 9.91. The second-order valence-corrected chi connectivity index (χ2v) is 9.37. The van der Waals surface area contributed by atoms with Gasteiger partial charge in [0.25, 0.3) is 5.91 Å². The van der Waals surface area contributed by atoms with E-state index in [0.29, 0.717) is 16.7 Å². The summed E-state index contributed by atoms with van der Waals surface area (Å²) < 4.78 is 7.55. The first-order valence-corrected chi connectivity index (χ1v) is 11.4. The molecule has 0 atom stereocenters. The third-order valence-corrected chi connectivity index (χ3v) is 7.09. The maximum atomic E-state index is 13.5. The highest BCUT2D eigenvalue weighted by Crippen LogP contribution is 2.37. The minimum atomic E-state index is -0.106. The van der Waals surface area contributed by atoms with Gasteiger partial charge in [0.1, 0.15) is 11.3 Å². The summed E-state index contributed by atoms with van der Waals surface area (Å²) in [5, 5.41) is 1.17. The predicted molar refractivity (Wildman–Crippen MR) is 133 cm³/mol. The Balaban J connectivity index is 0.00000272. The lowest BCUT2D eigenvalue weighted by atomic mass is 10.2. The predicted octanol–water partition coefficient (Wildman–Crippen LogP) is 5.24. The molecule has 0 saturated carbocycles. The van der Waals surface area contributed by atoms with Gasteiger partial charge in [-0.1, -0.05) is 29.5 Å². The van der Waals surface area contributed by atoms with Crippen LogP contribution in [-0.4, -0.2) is 55.1 Å². The molecule has 0 bridgehead atoms. The topological polar surface area (TPSA) is 58.6 Å². The highest BCUT2D eigenvalue weighted by Gasteiger charge is 2.25. The summed E-state index contributed by atoms with van der Waals surface area (Å²) >= 11 is 2.95. The van der Waals surface area contributed by atoms with E-state index in [9.17, 15) is 4.79 Å². The Morgan fingerprint density at radius 2 is 1.84 bits per heavy atom. The monoisotopic (exact) mass is 476 g/mol. The first-order valence-electron chi connectivity index (χ1n) is 9.74. The lowest BCUT2D eigenvalue weighted by molar-refractivity contribution is 0.0986. The number of carbonyl (C=O) groups excluding carboxylic acids is 1. The molecule has 164 valence electrons. The fraction of sp³-hybridized carbons (Fsp3) is 0.318. The molecule has 4 aromatic rings. The molecule has 0 unspecified atom stereocenters. The van der Waals surface area contributed by atoms with Crippen molar-refractivity contribution in [1.82, 2.24) is 14.9 Å². The van der Waals surface area contributed by atoms with Crippen LogP contribution in [0.5, 0.6) is 5.75 Å². The number of halogens is 1. The van der Waals surface area contributed by atoms with Crippen molar-refractivity contribution in [2.24, 2.45) is 0 Å². The van der Waals surface area contributed by atoms with Crippen LogP contribution < -0.4 is 9.64 Å². The van der Waals surface area contributed by atoms with Crippen LogP contribution in [0.25, 0.3) is 20.4 Å². The fourth-order valence-electron chi connectivity index (χ4n) is 3.29. The Morgan fingerprint density at radius 1 is 1.06 bits per heavy atom. The number of hydrogen-bond acceptors (Lipinski definition) is 7. The number of ether oxygens (including phenoxy) is 1. The van der Waals surface area contributed by atoms with Gasteiger partial charge in [-0.25, -0.2) is 9.97 Å². The zero-order valence-corrected chi connectivity index (χ0v) is 20.4. The molecule has 0 aliphatic carbocycles. The lowest BCUT2D eigenvalue weighted by Gasteiger charge is -2.19. The van der Waals surface area contributed by atoms with Crippen molar-refractivity contribution >= 4 is 66.6 Å². The molecule has 0 N–H and O–H groups in total. The number of aromatic nitrogens is 2. The second-order valence-electron chi connectivity index (χ2n) is 7.36. The van der Waals surface area contributed by atoms with Gasteiger partial charge in [0.15, 0.2) is 10.1 Å². The van der Waals surface area contributed by atoms with Gasteiger partial charge in [-0.2, -0.15) is 0 Å². The molecule has 0 fully saturated rings. The Labute approximate surface area is 195 Å². The molecular weight excluding hydrogens is 452 g/mol. The van der Waals surface area contributed by atoms with Crippen LogP contribution in [0.15, 0.2) is 36.4 Å². The largest absolute Gasteiger partial charge is 0.494 e. The summed E-state index contributed by atoms with van der Waals surface area (Å²) in [5.74, 6) is 0.615. The van der Waals surface area contributed by atoms with Crippen LogP contribution in [0.1, 0.15) is 21.8 Å². The zero-order chi connectivity index (χ0) is 21.3. The Kier molecular flexibility index (Phi) is 7.48. The summed E-state index contributed by atoms with van der Waals surface area (Å²) in [6.07, 6.45) is 0.843. The molecule has 6 nitrogen and oxygen atoms in total. The molecule has 0 radical (unpaired) electrons. The van der Waals surface area contributed by atoms with Crippen molar-refractivity contribution in [3.63, 3.8) is 0 Å². The smallest absolute Gasteiger partial charge is 0.289 e. The summed E-state index contributed by atoms with van der Waals surface area (Å²) in [4.78, 5) is 26.8. The van der Waals surface area contributed by atoms with Gasteiger partial charge >= 0.3 is 0 Å². The van der Waals surface area contributed by atoms with Gasteiger partial charge < -0.3 is 9.64 Å². The lowest BCUT2D eigenvalue weighted by Crippen LogP contribution is -2.33. The van der Waals surface area contributed by atoms with Gasteiger partial charge in [-0.15, -0.1) is 23.7 Å². The van der Waals surface area contributed by atoms with E-state index in [-0.39, 0.29) is 18.3 Å². The van der Waals surface area contributed by atoms with Gasteiger partial charge in [-0.3, -0.25) is 9.69 Å². The van der Waals surface area contributed by atoms with Crippen molar-refractivity contribution in [2.75, 3.05) is 39.2 Å². The molecule has 2 aromatic heterocycles. The molecule has 1 amide bonds. The summed E-state index contributed by atoms with van der Waals surface area (Å²) in [5.41, 5.74) is 2.77. The van der Waals surface area contributed by atoms with Crippen LogP contribution >= 0.6 is 35.1 Å². The number of methoxy groups -OCH3 is 1. The summed E-state index contributed by atoms with van der Waals surface area (Å²) in [6.45, 7) is 3.51. The normalized spacial score (nSPS) is 11.1. The van der Waals surface area contributed by atoms with Crippen molar-refractivity contribution in [2.45, 2.75) is 13.3 Å². The Hall–Kier alpha value is -2.26. The maximum Gasteiger partial charge on any atom is 0.289 e. The number of para-hydroxylation sites is 1. The minimum Gasteiger partial charge on any atom is -0.494 e. The van der Waals surface area contributed by atoms with E-state index in [4.69, 9.17) is 9.72 Å². The van der Waals surface area contributed by atoms with Crippen LogP contribution in [0.3, 0.4) is 0 Å². The number of hydrogen-bond donors (Lipinski definition) is 0. The summed E-state index contributed by atoms with van der Waals surface area (Å²) in [7, 11) is 5.71. The number of fused-ring (bicyclic) bond motifs is 2. The standard InChI is InChI=1S/C22H24N4O2S2.ClH/c1-14-10-11-16(28-4)18-19(14)30-22(24-18)26(13-7-12-25(2)3)21(27)20-23-15-8-5-6-9-17(15)29-20;/h5-6,8-11H,7,12-13H2,1-4H3;1H. The molecule has 9 heteroatoms. The Morgan fingerprint density at radius 3 is 2.55 bits per heavy atom. The fourth-order valence-corrected chi connectivity index (χ4v) is 5.28. The quantitative estimate of drug-likeness (QED) is 0.365. The van der Waals surface area contributed by atoms with Gasteiger partial charge in [0, 0.05) is 6.54 Å². The number of amides is 1. The molecule has 4 rings (SSSR count). The average molecular weight is 477 g/mol. The van der Waals surface area contributed by atoms with E-state index >= 15 is 0 Å². The number of aryl methyl sites for hydroxylation is 1. The molecule has 2 aromatic carbocycles. The molecule has 2 heterocycles. The molecule has 0 spiro atoms. The Bertz CT molecular complexity index is 1170. The first-order chi connectivity index (χ1) is 14.5. The van der Waals surface area contributed by atoms with E-state index in [1.54, 1.807) is 12.0 Å². The van der Waals surface area contributed by atoms with Crippen LogP contribution in [0, 0.1) is 6.92 Å². The zero-order valence-electron chi connectivity index (χ0n) is 17.9. The van der Waals surface area contributed by atoms with E-state index in [1.165, 1.54) is 22.7 Å². The number of rotatable bonds is 7. The van der Waals surface area contributed by atoms with E-state index < -0.39 is 0 Å². The van der Waals surface area contributed by atoms with E-state index in [0.717, 1.165) is 44.7 Å². The van der Waals surface area contributed by atoms with Crippen molar-refractivity contribution in [1.29, 1.82) is 0 Å². The molecule has 0 aliphatic rings. The number of thiazole rings is 2. The highest BCUT2D eigenvalue weighted by molar-refractivity contribution is 7.23. The molecular formula is C22H25ClN4O2S2. The first kappa shape index (κ1) is 23.4. The highest BCUT2D eigenvalue weighted by atomic mass is 35.5. The SMILES string of the molecule is COc1ccc(C)c2sc(N(CCCN(C)C)C(=O)c3nc4ccccc4s3)nc12.Cl. The van der Waals surface area contributed by atoms with Crippen molar-refractivity contribution in [3.8, 4) is 5.75 Å². The third-order valence-electron chi connectivity index (χ3n) is 4.85. The number of benzene rings is 2. The minimum absolute atomic E-state index is 0. The molecule has 0 aliphatic heterocycles. The van der Waals surface area contributed by atoms with Crippen LogP contribution in [0.2, 0.25) is 0 Å². The summed E-state index contributed by atoms with van der Waals surface area (Å²) in [6, 6.07) is 11.8. The van der Waals surface area contributed by atoms with Gasteiger partial charge in [0.2, 0.25) is 0 Å². The number of anilines is 1. The number of nitrogens with zero attached hydrogens (tertiary/aromatic N) is 4. The maximum absolute atomic E-state index is 13.5. The van der Waals surface area contributed by atoms with Crippen LogP contribution in [0.4, 0.5) is 5.13 Å². The van der Waals surface area contributed by atoms with Crippen molar-refractivity contribution in [3.05, 3.63) is 47.0 Å². The van der Waals surface area contributed by atoms with E-state index in [2.05, 4.69) is 16.8 Å². The van der Waals surface area contributed by atoms with Gasteiger partial charge in [0.05, 0.1) is 22.0 Å².